The molecule has 1 aliphatic heterocycles. The topological polar surface area (TPSA) is 62.6 Å². The number of carbonyl (C=O) groups is 2. The lowest BCUT2D eigenvalue weighted by Gasteiger charge is -2.29. The summed E-state index contributed by atoms with van der Waals surface area (Å²) >= 11 is 6.17. The number of furan rings is 1. The van der Waals surface area contributed by atoms with Crippen LogP contribution in [0.1, 0.15) is 47.9 Å². The Morgan fingerprint density at radius 2 is 1.88 bits per heavy atom. The zero-order chi connectivity index (χ0) is 18.1. The third-order valence-electron chi connectivity index (χ3n) is 4.81. The molecule has 1 saturated heterocycles. The van der Waals surface area contributed by atoms with E-state index in [1.165, 1.54) is 0 Å². The van der Waals surface area contributed by atoms with Crippen LogP contribution in [0.15, 0.2) is 16.5 Å². The number of halogens is 1. The predicted molar refractivity (Wildman–Crippen MR) is 98.1 cm³/mol. The van der Waals surface area contributed by atoms with E-state index in [2.05, 4.69) is 5.32 Å². The molecule has 1 fully saturated rings. The number of amides is 2. The quantitative estimate of drug-likeness (QED) is 0.902. The Labute approximate surface area is 152 Å². The van der Waals surface area contributed by atoms with Crippen molar-refractivity contribution in [2.75, 3.05) is 13.1 Å². The molecule has 1 unspecified atom stereocenters. The van der Waals surface area contributed by atoms with Gasteiger partial charge in [0, 0.05) is 29.1 Å². The standard InChI is InChI=1S/C19H23ClN2O3/c1-11-9-16-14(10-15(11)20)12(2)17(25-16)18(23)21-13(3)19(24)22-7-5-4-6-8-22/h9-10,13H,4-8H2,1-3H3,(H,21,23). The fourth-order valence-electron chi connectivity index (χ4n) is 3.27. The Kier molecular flexibility index (Phi) is 5.04. The van der Waals surface area contributed by atoms with Crippen molar-refractivity contribution in [1.82, 2.24) is 10.2 Å². The van der Waals surface area contributed by atoms with Crippen molar-refractivity contribution in [1.29, 1.82) is 0 Å². The minimum atomic E-state index is -0.580. The van der Waals surface area contributed by atoms with Gasteiger partial charge in [-0.2, -0.15) is 0 Å². The van der Waals surface area contributed by atoms with Crippen LogP contribution in [-0.4, -0.2) is 35.8 Å². The summed E-state index contributed by atoms with van der Waals surface area (Å²) in [4.78, 5) is 26.9. The number of hydrogen-bond donors (Lipinski definition) is 1. The largest absolute Gasteiger partial charge is 0.451 e. The van der Waals surface area contributed by atoms with Crippen molar-refractivity contribution in [3.63, 3.8) is 0 Å². The van der Waals surface area contributed by atoms with E-state index in [-0.39, 0.29) is 17.6 Å². The summed E-state index contributed by atoms with van der Waals surface area (Å²) < 4.78 is 5.73. The molecule has 1 atom stereocenters. The lowest BCUT2D eigenvalue weighted by atomic mass is 10.1. The number of fused-ring (bicyclic) bond motifs is 1. The average molecular weight is 363 g/mol. The number of nitrogens with one attached hydrogen (secondary N) is 1. The zero-order valence-corrected chi connectivity index (χ0v) is 15.6. The Morgan fingerprint density at radius 3 is 2.56 bits per heavy atom. The molecule has 0 spiro atoms. The van der Waals surface area contributed by atoms with Gasteiger partial charge >= 0.3 is 0 Å². The van der Waals surface area contributed by atoms with E-state index in [0.29, 0.717) is 10.6 Å². The van der Waals surface area contributed by atoms with E-state index in [4.69, 9.17) is 16.0 Å². The Balaban J connectivity index is 1.77. The number of hydrogen-bond acceptors (Lipinski definition) is 3. The summed E-state index contributed by atoms with van der Waals surface area (Å²) in [7, 11) is 0. The number of aryl methyl sites for hydroxylation is 2. The van der Waals surface area contributed by atoms with Crippen LogP contribution in [0.4, 0.5) is 0 Å². The third kappa shape index (κ3) is 3.52. The van der Waals surface area contributed by atoms with Crippen LogP contribution >= 0.6 is 11.6 Å². The molecule has 5 nitrogen and oxygen atoms in total. The number of likely N-dealkylation sites (tertiary alicyclic amines) is 1. The highest BCUT2D eigenvalue weighted by Gasteiger charge is 2.26. The van der Waals surface area contributed by atoms with Crippen LogP contribution in [0.5, 0.6) is 0 Å². The number of nitrogens with zero attached hydrogens (tertiary/aromatic N) is 1. The van der Waals surface area contributed by atoms with Crippen LogP contribution in [0.25, 0.3) is 11.0 Å². The Hall–Kier alpha value is -2.01. The monoisotopic (exact) mass is 362 g/mol. The highest BCUT2D eigenvalue weighted by molar-refractivity contribution is 6.32. The summed E-state index contributed by atoms with van der Waals surface area (Å²) in [6.07, 6.45) is 3.20. The molecular weight excluding hydrogens is 340 g/mol. The molecule has 3 rings (SSSR count). The lowest BCUT2D eigenvalue weighted by molar-refractivity contribution is -0.133. The second-order valence-corrected chi connectivity index (χ2v) is 7.14. The van der Waals surface area contributed by atoms with Gasteiger partial charge in [-0.3, -0.25) is 9.59 Å². The van der Waals surface area contributed by atoms with Gasteiger partial charge in [0.25, 0.3) is 5.91 Å². The van der Waals surface area contributed by atoms with Gasteiger partial charge in [0.1, 0.15) is 11.6 Å². The first kappa shape index (κ1) is 17.8. The first-order valence-electron chi connectivity index (χ1n) is 8.67. The number of piperidine rings is 1. The van der Waals surface area contributed by atoms with E-state index in [1.807, 2.05) is 30.9 Å². The van der Waals surface area contributed by atoms with Crippen molar-refractivity contribution in [3.05, 3.63) is 34.0 Å². The van der Waals surface area contributed by atoms with E-state index in [9.17, 15) is 9.59 Å². The third-order valence-corrected chi connectivity index (χ3v) is 5.22. The highest BCUT2D eigenvalue weighted by Crippen LogP contribution is 2.30. The maximum Gasteiger partial charge on any atom is 0.287 e. The lowest BCUT2D eigenvalue weighted by Crippen LogP contribution is -2.48. The SMILES string of the molecule is Cc1cc2oc(C(=O)NC(C)C(=O)N3CCCCC3)c(C)c2cc1Cl. The summed E-state index contributed by atoms with van der Waals surface area (Å²) in [6.45, 7) is 6.96. The van der Waals surface area contributed by atoms with Crippen molar-refractivity contribution >= 4 is 34.4 Å². The van der Waals surface area contributed by atoms with Gasteiger partial charge in [-0.05, 0) is 57.7 Å². The van der Waals surface area contributed by atoms with Crippen LogP contribution in [0.2, 0.25) is 5.02 Å². The number of benzene rings is 1. The molecule has 1 aromatic heterocycles. The van der Waals surface area contributed by atoms with Crippen LogP contribution in [-0.2, 0) is 4.79 Å². The molecule has 134 valence electrons. The van der Waals surface area contributed by atoms with Gasteiger partial charge in [0.05, 0.1) is 0 Å². The van der Waals surface area contributed by atoms with Crippen LogP contribution < -0.4 is 5.32 Å². The van der Waals surface area contributed by atoms with E-state index in [1.54, 1.807) is 6.92 Å². The smallest absolute Gasteiger partial charge is 0.287 e. The minimum Gasteiger partial charge on any atom is -0.451 e. The molecule has 1 aliphatic rings. The van der Waals surface area contributed by atoms with Gasteiger partial charge in [-0.25, -0.2) is 0 Å². The van der Waals surface area contributed by atoms with Crippen molar-refractivity contribution < 1.29 is 14.0 Å². The molecule has 6 heteroatoms. The summed E-state index contributed by atoms with van der Waals surface area (Å²) in [5, 5.41) is 4.22. The molecule has 2 aromatic rings. The maximum atomic E-state index is 12.6. The second-order valence-electron chi connectivity index (χ2n) is 6.73. The molecule has 0 saturated carbocycles. The van der Waals surface area contributed by atoms with E-state index >= 15 is 0 Å². The molecule has 0 aliphatic carbocycles. The molecule has 0 bridgehead atoms. The van der Waals surface area contributed by atoms with Gasteiger partial charge < -0.3 is 14.6 Å². The molecule has 2 amide bonds. The molecule has 1 aromatic carbocycles. The summed E-state index contributed by atoms with van der Waals surface area (Å²) in [5.41, 5.74) is 2.25. The maximum absolute atomic E-state index is 12.6. The highest BCUT2D eigenvalue weighted by atomic mass is 35.5. The first-order valence-corrected chi connectivity index (χ1v) is 9.05. The predicted octanol–water partition coefficient (Wildman–Crippen LogP) is 3.83. The first-order chi connectivity index (χ1) is 11.9. The van der Waals surface area contributed by atoms with Gasteiger partial charge in [-0.1, -0.05) is 11.6 Å². The van der Waals surface area contributed by atoms with E-state index < -0.39 is 6.04 Å². The molecule has 1 N–H and O–H groups in total. The molecule has 25 heavy (non-hydrogen) atoms. The summed E-state index contributed by atoms with van der Waals surface area (Å²) in [6, 6.07) is 3.05. The molecule has 0 radical (unpaired) electrons. The summed E-state index contributed by atoms with van der Waals surface area (Å²) in [5.74, 6) is -0.184. The van der Waals surface area contributed by atoms with Gasteiger partial charge in [0.15, 0.2) is 5.76 Å². The van der Waals surface area contributed by atoms with Crippen LogP contribution in [0, 0.1) is 13.8 Å². The molecule has 2 heterocycles. The fourth-order valence-corrected chi connectivity index (χ4v) is 3.43. The normalized spacial score (nSPS) is 16.1. The van der Waals surface area contributed by atoms with Crippen molar-refractivity contribution in [3.8, 4) is 0 Å². The Bertz CT molecular complexity index is 822. The number of rotatable bonds is 3. The van der Waals surface area contributed by atoms with Crippen molar-refractivity contribution in [2.24, 2.45) is 0 Å². The van der Waals surface area contributed by atoms with E-state index in [0.717, 1.165) is 48.9 Å². The average Bonchev–Trinajstić information content (AvgIpc) is 2.91. The second kappa shape index (κ2) is 7.08. The van der Waals surface area contributed by atoms with Gasteiger partial charge in [0.2, 0.25) is 5.91 Å². The Morgan fingerprint density at radius 1 is 1.20 bits per heavy atom. The molecular formula is C19H23ClN2O3. The van der Waals surface area contributed by atoms with Gasteiger partial charge in [-0.15, -0.1) is 0 Å². The van der Waals surface area contributed by atoms with Crippen LogP contribution in [0.3, 0.4) is 0 Å². The minimum absolute atomic E-state index is 0.0410. The fraction of sp³-hybridized carbons (Fsp3) is 0.474. The van der Waals surface area contributed by atoms with Crippen molar-refractivity contribution in [2.45, 2.75) is 46.1 Å². The number of carbonyl (C=O) groups excluding carboxylic acids is 2. The zero-order valence-electron chi connectivity index (χ0n) is 14.8.